The molecule has 104 valence electrons. The fourth-order valence-corrected chi connectivity index (χ4v) is 3.36. The van der Waals surface area contributed by atoms with Crippen LogP contribution in [0.15, 0.2) is 40.1 Å². The molecule has 0 amide bonds. The van der Waals surface area contributed by atoms with E-state index in [1.165, 1.54) is 18.2 Å². The Labute approximate surface area is 137 Å². The Kier molecular flexibility index (Phi) is 4.87. The van der Waals surface area contributed by atoms with Gasteiger partial charge >= 0.3 is 29.6 Å². The quantitative estimate of drug-likeness (QED) is 0.409. The van der Waals surface area contributed by atoms with Gasteiger partial charge in [-0.1, -0.05) is 18.2 Å². The molecule has 10 heteroatoms. The van der Waals surface area contributed by atoms with E-state index in [-0.39, 0.29) is 46.0 Å². The molecule has 2 rings (SSSR count). The van der Waals surface area contributed by atoms with Crippen LogP contribution in [0.3, 0.4) is 0 Å². The van der Waals surface area contributed by atoms with Gasteiger partial charge in [-0.2, -0.15) is 16.8 Å². The Morgan fingerprint density at radius 1 is 0.850 bits per heavy atom. The van der Waals surface area contributed by atoms with E-state index in [1.54, 1.807) is 0 Å². The number of nitrogens with two attached hydrogens (primary N) is 1. The molecule has 0 bridgehead atoms. The maximum absolute atomic E-state index is 11.3. The molecule has 2 aromatic rings. The van der Waals surface area contributed by atoms with Crippen molar-refractivity contribution in [2.24, 2.45) is 0 Å². The molecule has 0 fully saturated rings. The van der Waals surface area contributed by atoms with Crippen LogP contribution in [0.1, 0.15) is 0 Å². The molecule has 0 saturated heterocycles. The molecule has 20 heavy (non-hydrogen) atoms. The predicted molar refractivity (Wildman–Crippen MR) is 75.1 cm³/mol. The van der Waals surface area contributed by atoms with E-state index in [0.29, 0.717) is 0 Å². The Bertz CT molecular complexity index is 876. The van der Waals surface area contributed by atoms with Crippen molar-refractivity contribution in [1.29, 1.82) is 0 Å². The summed E-state index contributed by atoms with van der Waals surface area (Å²) in [5.74, 6) is 0. The molecule has 0 heterocycles. The second kappa shape index (κ2) is 5.60. The molecule has 0 aliphatic carbocycles. The van der Waals surface area contributed by atoms with E-state index in [0.717, 1.165) is 12.1 Å². The van der Waals surface area contributed by atoms with Crippen LogP contribution in [0, 0.1) is 0 Å². The zero-order valence-electron chi connectivity index (χ0n) is 9.31. The fraction of sp³-hybridized carbons (Fsp3) is 0. The van der Waals surface area contributed by atoms with Gasteiger partial charge in [0.1, 0.15) is 9.79 Å². The molecule has 7 nitrogen and oxygen atoms in total. The van der Waals surface area contributed by atoms with Crippen LogP contribution in [0.5, 0.6) is 0 Å². The molecule has 0 unspecified atom stereocenters. The van der Waals surface area contributed by atoms with Gasteiger partial charge in [0.25, 0.3) is 20.2 Å². The van der Waals surface area contributed by atoms with Gasteiger partial charge < -0.3 is 5.73 Å². The molecule has 0 saturated carbocycles. The first-order chi connectivity index (χ1) is 8.62. The van der Waals surface area contributed by atoms with Crippen molar-refractivity contribution in [2.75, 3.05) is 5.73 Å². The minimum absolute atomic E-state index is 0. The van der Waals surface area contributed by atoms with Gasteiger partial charge in [-0.3, -0.25) is 9.11 Å². The minimum atomic E-state index is -4.62. The van der Waals surface area contributed by atoms with Crippen molar-refractivity contribution in [1.82, 2.24) is 0 Å². The monoisotopic (exact) mass is 327 g/mol. The number of rotatable bonds is 2. The van der Waals surface area contributed by atoms with E-state index >= 15 is 0 Å². The average molecular weight is 327 g/mol. The number of fused-ring (bicyclic) bond motifs is 1. The predicted octanol–water partition coefficient (Wildman–Crippen LogP) is 0.267. The summed E-state index contributed by atoms with van der Waals surface area (Å²) in [6.07, 6.45) is 0. The number of anilines is 1. The SMILES string of the molecule is Nc1ccc2c(S(=O)(=O)O)cccc2c1S(=O)(=O)O.[NaH]. The average Bonchev–Trinajstić information content (AvgIpc) is 2.24. The van der Waals surface area contributed by atoms with Crippen LogP contribution in [0.25, 0.3) is 10.8 Å². The van der Waals surface area contributed by atoms with E-state index < -0.39 is 30.0 Å². The first-order valence-electron chi connectivity index (χ1n) is 4.88. The summed E-state index contributed by atoms with van der Waals surface area (Å²) in [5, 5.41) is -0.135. The zero-order chi connectivity index (χ0) is 14.4. The molecule has 0 atom stereocenters. The molecule has 0 aliphatic heterocycles. The number of hydrogen-bond acceptors (Lipinski definition) is 5. The van der Waals surface area contributed by atoms with Crippen molar-refractivity contribution >= 4 is 66.3 Å². The third-order valence-electron chi connectivity index (χ3n) is 2.54. The first-order valence-corrected chi connectivity index (χ1v) is 7.76. The van der Waals surface area contributed by atoms with Crippen molar-refractivity contribution in [2.45, 2.75) is 9.79 Å². The second-order valence-electron chi connectivity index (χ2n) is 3.79. The summed E-state index contributed by atoms with van der Waals surface area (Å²) >= 11 is 0. The van der Waals surface area contributed by atoms with Crippen LogP contribution < -0.4 is 5.73 Å². The summed E-state index contributed by atoms with van der Waals surface area (Å²) in [4.78, 5) is -1.05. The summed E-state index contributed by atoms with van der Waals surface area (Å²) < 4.78 is 63.2. The fourth-order valence-electron chi connectivity index (χ4n) is 1.83. The normalized spacial score (nSPS) is 12.1. The zero-order valence-corrected chi connectivity index (χ0v) is 10.9. The number of nitrogen functional groups attached to an aromatic ring is 1. The van der Waals surface area contributed by atoms with Crippen LogP contribution in [0.2, 0.25) is 0 Å². The summed E-state index contributed by atoms with van der Waals surface area (Å²) in [6.45, 7) is 0. The molecular formula is C10H10NNaO6S2. The van der Waals surface area contributed by atoms with Gasteiger partial charge in [-0.25, -0.2) is 0 Å². The molecule has 2 aromatic carbocycles. The van der Waals surface area contributed by atoms with E-state index in [2.05, 4.69) is 0 Å². The Morgan fingerprint density at radius 3 is 1.95 bits per heavy atom. The van der Waals surface area contributed by atoms with Gasteiger partial charge in [-0.05, 0) is 12.1 Å². The van der Waals surface area contributed by atoms with Crippen molar-refractivity contribution in [3.63, 3.8) is 0 Å². The van der Waals surface area contributed by atoms with Crippen molar-refractivity contribution in [3.05, 3.63) is 30.3 Å². The third-order valence-corrected chi connectivity index (χ3v) is 4.42. The topological polar surface area (TPSA) is 135 Å². The summed E-state index contributed by atoms with van der Waals surface area (Å²) in [7, 11) is -9.15. The van der Waals surface area contributed by atoms with E-state index in [4.69, 9.17) is 14.8 Å². The van der Waals surface area contributed by atoms with Gasteiger partial charge in [0.2, 0.25) is 0 Å². The van der Waals surface area contributed by atoms with Crippen molar-refractivity contribution < 1.29 is 25.9 Å². The summed E-state index contributed by atoms with van der Waals surface area (Å²) in [5.41, 5.74) is 5.26. The van der Waals surface area contributed by atoms with Gasteiger partial charge in [0.15, 0.2) is 0 Å². The Balaban J connectivity index is 0.00000200. The summed E-state index contributed by atoms with van der Waals surface area (Å²) in [6, 6.07) is 6.02. The number of benzene rings is 2. The Hall–Kier alpha value is -0.680. The van der Waals surface area contributed by atoms with E-state index in [1.807, 2.05) is 0 Å². The molecule has 0 spiro atoms. The maximum atomic E-state index is 11.3. The molecule has 0 radical (unpaired) electrons. The molecule has 0 aliphatic rings. The molecule has 0 aromatic heterocycles. The molecule has 4 N–H and O–H groups in total. The Morgan fingerprint density at radius 2 is 1.45 bits per heavy atom. The third kappa shape index (κ3) is 3.14. The standard InChI is InChI=1S/C10H9NO6S2.Na.H/c11-8-5-4-6-7(10(8)19(15,16)17)2-1-3-9(6)18(12,13)14;;/h1-5H,11H2,(H,12,13,14)(H,15,16,17);;. The van der Waals surface area contributed by atoms with E-state index in [9.17, 15) is 16.8 Å². The van der Waals surface area contributed by atoms with Crippen molar-refractivity contribution in [3.8, 4) is 0 Å². The van der Waals surface area contributed by atoms with Crippen LogP contribution in [-0.4, -0.2) is 55.5 Å². The number of hydrogen-bond donors (Lipinski definition) is 3. The van der Waals surface area contributed by atoms with Gasteiger partial charge in [-0.15, -0.1) is 0 Å². The first kappa shape index (κ1) is 17.4. The van der Waals surface area contributed by atoms with Crippen LogP contribution in [0.4, 0.5) is 5.69 Å². The van der Waals surface area contributed by atoms with Crippen LogP contribution >= 0.6 is 0 Å². The molecular weight excluding hydrogens is 317 g/mol. The second-order valence-corrected chi connectivity index (χ2v) is 6.53. The van der Waals surface area contributed by atoms with Gasteiger partial charge in [0, 0.05) is 10.8 Å². The van der Waals surface area contributed by atoms with Crippen LogP contribution in [-0.2, 0) is 20.2 Å². The van der Waals surface area contributed by atoms with Gasteiger partial charge in [0.05, 0.1) is 5.69 Å².